The van der Waals surface area contributed by atoms with Crippen molar-refractivity contribution in [1.29, 1.82) is 0 Å². The van der Waals surface area contributed by atoms with Gasteiger partial charge in [-0.2, -0.15) is 0 Å². The van der Waals surface area contributed by atoms with Crippen LogP contribution >= 0.6 is 11.3 Å². The summed E-state index contributed by atoms with van der Waals surface area (Å²) in [6.07, 6.45) is 0. The van der Waals surface area contributed by atoms with Crippen molar-refractivity contribution < 1.29 is 14.4 Å². The lowest BCUT2D eigenvalue weighted by Crippen LogP contribution is -2.30. The number of carbonyl (C=O) groups is 3. The van der Waals surface area contributed by atoms with E-state index < -0.39 is 0 Å². The molecule has 0 saturated carbocycles. The second-order valence-corrected chi connectivity index (χ2v) is 7.47. The van der Waals surface area contributed by atoms with E-state index in [1.165, 1.54) is 11.3 Å². The second-order valence-electron chi connectivity index (χ2n) is 6.52. The van der Waals surface area contributed by atoms with Gasteiger partial charge >= 0.3 is 0 Å². The third kappa shape index (κ3) is 5.12. The topological polar surface area (TPSA) is 78.5 Å². The fourth-order valence-electron chi connectivity index (χ4n) is 2.93. The molecule has 1 aromatic heterocycles. The third-order valence-corrected chi connectivity index (χ3v) is 5.44. The molecule has 2 aromatic carbocycles. The van der Waals surface area contributed by atoms with Crippen LogP contribution in [0, 0.1) is 0 Å². The molecule has 0 aliphatic rings. The van der Waals surface area contributed by atoms with Crippen LogP contribution in [0.4, 0.5) is 11.4 Å². The van der Waals surface area contributed by atoms with Crippen LogP contribution in [-0.2, 0) is 0 Å². The van der Waals surface area contributed by atoms with Crippen molar-refractivity contribution in [2.75, 3.05) is 23.7 Å². The summed E-state index contributed by atoms with van der Waals surface area (Å²) in [7, 11) is 0. The average Bonchev–Trinajstić information content (AvgIpc) is 3.30. The van der Waals surface area contributed by atoms with E-state index in [1.54, 1.807) is 59.5 Å². The highest BCUT2D eigenvalue weighted by Gasteiger charge is 2.13. The molecule has 0 bridgehead atoms. The first-order valence-electron chi connectivity index (χ1n) is 9.67. The first-order chi connectivity index (χ1) is 14.5. The molecule has 2 N–H and O–H groups in total. The van der Waals surface area contributed by atoms with Crippen LogP contribution < -0.4 is 10.6 Å². The molecule has 7 heteroatoms. The zero-order chi connectivity index (χ0) is 21.5. The average molecular weight is 422 g/mol. The number of amides is 3. The number of nitrogens with zero attached hydrogens (tertiary/aromatic N) is 1. The minimum Gasteiger partial charge on any atom is -0.339 e. The summed E-state index contributed by atoms with van der Waals surface area (Å²) in [5, 5.41) is 7.44. The van der Waals surface area contributed by atoms with Crippen molar-refractivity contribution in [3.63, 3.8) is 0 Å². The molecule has 0 spiro atoms. The van der Waals surface area contributed by atoms with E-state index in [0.29, 0.717) is 40.5 Å². The van der Waals surface area contributed by atoms with Crippen LogP contribution in [0.25, 0.3) is 0 Å². The summed E-state index contributed by atoms with van der Waals surface area (Å²) in [5.41, 5.74) is 2.13. The number of carbonyl (C=O) groups excluding carboxylic acids is 3. The van der Waals surface area contributed by atoms with Crippen molar-refractivity contribution in [2.24, 2.45) is 0 Å². The van der Waals surface area contributed by atoms with Gasteiger partial charge < -0.3 is 15.5 Å². The lowest BCUT2D eigenvalue weighted by atomic mass is 10.1. The van der Waals surface area contributed by atoms with Crippen molar-refractivity contribution in [2.45, 2.75) is 13.8 Å². The predicted octanol–water partition coefficient (Wildman–Crippen LogP) is 4.73. The highest BCUT2D eigenvalue weighted by Crippen LogP contribution is 2.17. The molecule has 0 fully saturated rings. The monoisotopic (exact) mass is 421 g/mol. The normalized spacial score (nSPS) is 10.3. The lowest BCUT2D eigenvalue weighted by Gasteiger charge is -2.18. The molecule has 154 valence electrons. The van der Waals surface area contributed by atoms with E-state index in [1.807, 2.05) is 25.3 Å². The molecular formula is C23H23N3O3S. The van der Waals surface area contributed by atoms with Gasteiger partial charge in [-0.3, -0.25) is 14.4 Å². The number of hydrogen-bond acceptors (Lipinski definition) is 4. The predicted molar refractivity (Wildman–Crippen MR) is 120 cm³/mol. The van der Waals surface area contributed by atoms with Crippen molar-refractivity contribution in [1.82, 2.24) is 4.90 Å². The maximum atomic E-state index is 12.6. The highest BCUT2D eigenvalue weighted by atomic mass is 32.1. The van der Waals surface area contributed by atoms with E-state index in [9.17, 15) is 14.4 Å². The largest absolute Gasteiger partial charge is 0.339 e. The minimum absolute atomic E-state index is 0.0351. The molecule has 0 radical (unpaired) electrons. The Bertz CT molecular complexity index is 1030. The van der Waals surface area contributed by atoms with E-state index in [4.69, 9.17) is 0 Å². The van der Waals surface area contributed by atoms with Crippen molar-refractivity contribution >= 4 is 40.4 Å². The molecule has 30 heavy (non-hydrogen) atoms. The van der Waals surface area contributed by atoms with E-state index in [0.717, 1.165) is 0 Å². The molecular weight excluding hydrogens is 398 g/mol. The summed E-state index contributed by atoms with van der Waals surface area (Å²) in [6, 6.07) is 17.1. The summed E-state index contributed by atoms with van der Waals surface area (Å²) in [6.45, 7) is 5.17. The molecule has 3 aromatic rings. The standard InChI is InChI=1S/C23H23N3O3S/c1-3-26(4-2)23(29)16-10-12-18(13-11-16)24-21(27)17-7-5-8-19(15-17)25-22(28)20-9-6-14-30-20/h5-15H,3-4H2,1-2H3,(H,24,27)(H,25,28). The number of rotatable bonds is 7. The van der Waals surface area contributed by atoms with Crippen LogP contribution in [0.15, 0.2) is 66.0 Å². The van der Waals surface area contributed by atoms with Crippen LogP contribution in [0.1, 0.15) is 44.2 Å². The summed E-state index contributed by atoms with van der Waals surface area (Å²) >= 11 is 1.35. The maximum Gasteiger partial charge on any atom is 0.265 e. The Balaban J connectivity index is 1.66. The van der Waals surface area contributed by atoms with Crippen molar-refractivity contribution in [3.8, 4) is 0 Å². The van der Waals surface area contributed by atoms with Gasteiger partial charge in [-0.15, -0.1) is 11.3 Å². The highest BCUT2D eigenvalue weighted by molar-refractivity contribution is 7.12. The van der Waals surface area contributed by atoms with Gasteiger partial charge in [-0.25, -0.2) is 0 Å². The molecule has 0 aliphatic heterocycles. The zero-order valence-corrected chi connectivity index (χ0v) is 17.7. The lowest BCUT2D eigenvalue weighted by molar-refractivity contribution is 0.0772. The van der Waals surface area contributed by atoms with Gasteiger partial charge in [0.1, 0.15) is 0 Å². The Morgan fingerprint density at radius 3 is 2.13 bits per heavy atom. The number of anilines is 2. The summed E-state index contributed by atoms with van der Waals surface area (Å²) in [5.74, 6) is -0.548. The smallest absolute Gasteiger partial charge is 0.265 e. The Morgan fingerprint density at radius 1 is 0.800 bits per heavy atom. The van der Waals surface area contributed by atoms with Gasteiger partial charge in [-0.1, -0.05) is 12.1 Å². The van der Waals surface area contributed by atoms with Gasteiger partial charge in [0.2, 0.25) is 0 Å². The molecule has 0 saturated heterocycles. The molecule has 3 amide bonds. The Kier molecular flexibility index (Phi) is 6.98. The van der Waals surface area contributed by atoms with E-state index in [-0.39, 0.29) is 17.7 Å². The fourth-order valence-corrected chi connectivity index (χ4v) is 3.55. The van der Waals surface area contributed by atoms with Gasteiger partial charge in [0.05, 0.1) is 4.88 Å². The van der Waals surface area contributed by atoms with Crippen LogP contribution in [0.5, 0.6) is 0 Å². The van der Waals surface area contributed by atoms with Gasteiger partial charge in [0.15, 0.2) is 0 Å². The number of thiophene rings is 1. The molecule has 0 aliphatic carbocycles. The Hall–Kier alpha value is -3.45. The van der Waals surface area contributed by atoms with Crippen LogP contribution in [0.3, 0.4) is 0 Å². The number of nitrogens with one attached hydrogen (secondary N) is 2. The zero-order valence-electron chi connectivity index (χ0n) is 16.8. The number of hydrogen-bond donors (Lipinski definition) is 2. The van der Waals surface area contributed by atoms with Gasteiger partial charge in [0, 0.05) is 35.6 Å². The SMILES string of the molecule is CCN(CC)C(=O)c1ccc(NC(=O)c2cccc(NC(=O)c3cccs3)c2)cc1. The fraction of sp³-hybridized carbons (Fsp3) is 0.174. The molecule has 0 atom stereocenters. The first-order valence-corrected chi connectivity index (χ1v) is 10.6. The maximum absolute atomic E-state index is 12.6. The summed E-state index contributed by atoms with van der Waals surface area (Å²) < 4.78 is 0. The Labute approximate surface area is 179 Å². The molecule has 3 rings (SSSR count). The summed E-state index contributed by atoms with van der Waals surface area (Å²) in [4.78, 5) is 39.5. The van der Waals surface area contributed by atoms with Gasteiger partial charge in [0.25, 0.3) is 17.7 Å². The second kappa shape index (κ2) is 9.84. The minimum atomic E-state index is -0.301. The van der Waals surface area contributed by atoms with Gasteiger partial charge in [-0.05, 0) is 67.8 Å². The molecule has 1 heterocycles. The van der Waals surface area contributed by atoms with Crippen LogP contribution in [-0.4, -0.2) is 35.7 Å². The number of benzene rings is 2. The molecule has 6 nitrogen and oxygen atoms in total. The van der Waals surface area contributed by atoms with E-state index in [2.05, 4.69) is 10.6 Å². The molecule has 0 unspecified atom stereocenters. The van der Waals surface area contributed by atoms with Crippen molar-refractivity contribution in [3.05, 3.63) is 82.0 Å². The Morgan fingerprint density at radius 2 is 1.50 bits per heavy atom. The quantitative estimate of drug-likeness (QED) is 0.579. The van der Waals surface area contributed by atoms with E-state index >= 15 is 0 Å². The first kappa shape index (κ1) is 21.3. The third-order valence-electron chi connectivity index (χ3n) is 4.57. The van der Waals surface area contributed by atoms with Crippen LogP contribution in [0.2, 0.25) is 0 Å².